The summed E-state index contributed by atoms with van der Waals surface area (Å²) in [6, 6.07) is 50.8. The van der Waals surface area contributed by atoms with Crippen LogP contribution in [0.15, 0.2) is 163 Å². The number of hydrogen-bond donors (Lipinski definition) is 0. The number of nitrogens with zero attached hydrogens (tertiary/aromatic N) is 2. The van der Waals surface area contributed by atoms with Gasteiger partial charge in [-0.1, -0.05) is 72.8 Å². The van der Waals surface area contributed by atoms with Crippen molar-refractivity contribution in [3.63, 3.8) is 0 Å². The fraction of sp³-hybridized carbons (Fsp3) is 0. The average molecular weight is 669 g/mol. The molecule has 13 rings (SSSR count). The second-order valence-corrected chi connectivity index (χ2v) is 13.6. The van der Waals surface area contributed by atoms with E-state index >= 15 is 0 Å². The number of hydrogen-bond acceptors (Lipinski definition) is 4. The Morgan fingerprint density at radius 3 is 1.12 bits per heavy atom. The van der Waals surface area contributed by atoms with Gasteiger partial charge in [-0.2, -0.15) is 0 Å². The van der Waals surface area contributed by atoms with Crippen LogP contribution in [0.2, 0.25) is 0 Å². The predicted octanol–water partition coefficient (Wildman–Crippen LogP) is 13.2. The van der Waals surface area contributed by atoms with Gasteiger partial charge >= 0.3 is 0 Å². The van der Waals surface area contributed by atoms with Gasteiger partial charge in [0.1, 0.15) is 22.3 Å². The highest BCUT2D eigenvalue weighted by Crippen LogP contribution is 2.44. The summed E-state index contributed by atoms with van der Waals surface area (Å²) in [6.45, 7) is 0. The molecular formula is C46H24N2O4. The van der Waals surface area contributed by atoms with Crippen molar-refractivity contribution >= 4 is 110 Å². The van der Waals surface area contributed by atoms with Crippen LogP contribution >= 0.6 is 0 Å². The molecule has 6 heterocycles. The lowest BCUT2D eigenvalue weighted by atomic mass is 10.1. The molecule has 0 atom stereocenters. The topological polar surface area (TPSA) is 62.4 Å². The van der Waals surface area contributed by atoms with Crippen molar-refractivity contribution in [2.75, 3.05) is 0 Å². The van der Waals surface area contributed by atoms with Gasteiger partial charge in [0.2, 0.25) is 0 Å². The number of para-hydroxylation sites is 4. The van der Waals surface area contributed by atoms with Crippen LogP contribution in [0.3, 0.4) is 0 Å². The van der Waals surface area contributed by atoms with E-state index in [0.29, 0.717) is 0 Å². The Morgan fingerprint density at radius 1 is 0.288 bits per heavy atom. The van der Waals surface area contributed by atoms with E-state index < -0.39 is 0 Å². The third kappa shape index (κ3) is 3.25. The summed E-state index contributed by atoms with van der Waals surface area (Å²) in [6.07, 6.45) is 0. The van der Waals surface area contributed by atoms with E-state index in [1.807, 2.05) is 48.5 Å². The minimum Gasteiger partial charge on any atom is -0.452 e. The number of benzene rings is 7. The highest BCUT2D eigenvalue weighted by atomic mass is 16.4. The van der Waals surface area contributed by atoms with Crippen LogP contribution in [-0.2, 0) is 0 Å². The first kappa shape index (κ1) is 26.7. The zero-order valence-electron chi connectivity index (χ0n) is 27.4. The molecule has 52 heavy (non-hydrogen) atoms. The molecule has 0 fully saturated rings. The third-order valence-corrected chi connectivity index (χ3v) is 10.9. The van der Waals surface area contributed by atoms with Crippen LogP contribution in [-0.4, -0.2) is 9.13 Å². The van der Waals surface area contributed by atoms with E-state index in [-0.39, 0.29) is 0 Å². The van der Waals surface area contributed by atoms with Crippen LogP contribution in [0.1, 0.15) is 0 Å². The lowest BCUT2D eigenvalue weighted by Gasteiger charge is -2.12. The third-order valence-electron chi connectivity index (χ3n) is 10.9. The standard InChI is InChI=1S/C46H24N2O4/c1-5-13-35-27(9-1)29-19-20-30-28-10-2-6-14-36(28)48(26-18-22-40-34(24-26)46-44(52-40)32-12-4-8-16-38(32)50-46)42(30)41(29)47(35)25-17-21-39-33(23-25)45-43(51-39)31-11-3-7-15-37(31)49-45/h1-24H. The predicted molar refractivity (Wildman–Crippen MR) is 209 cm³/mol. The van der Waals surface area contributed by atoms with Crippen molar-refractivity contribution in [2.45, 2.75) is 0 Å². The Morgan fingerprint density at radius 2 is 0.654 bits per heavy atom. The van der Waals surface area contributed by atoms with Gasteiger partial charge in [-0.25, -0.2) is 0 Å². The minimum atomic E-state index is 0.767. The van der Waals surface area contributed by atoms with Crippen LogP contribution in [0, 0.1) is 0 Å². The smallest absolute Gasteiger partial charge is 0.181 e. The molecule has 0 aliphatic heterocycles. The first-order chi connectivity index (χ1) is 25.8. The van der Waals surface area contributed by atoms with Crippen molar-refractivity contribution in [1.29, 1.82) is 0 Å². The second-order valence-electron chi connectivity index (χ2n) is 13.6. The second kappa shape index (κ2) is 9.33. The molecule has 0 saturated heterocycles. The molecule has 6 heteroatoms. The van der Waals surface area contributed by atoms with E-state index in [1.54, 1.807) is 0 Å². The Balaban J connectivity index is 1.17. The lowest BCUT2D eigenvalue weighted by molar-refractivity contribution is 0.653. The summed E-state index contributed by atoms with van der Waals surface area (Å²) in [5.74, 6) is 0. The molecule has 0 aliphatic rings. The largest absolute Gasteiger partial charge is 0.452 e. The highest BCUT2D eigenvalue weighted by Gasteiger charge is 2.24. The van der Waals surface area contributed by atoms with Crippen molar-refractivity contribution in [3.05, 3.63) is 146 Å². The Hall–Kier alpha value is -7.18. The fourth-order valence-electron chi connectivity index (χ4n) is 8.70. The van der Waals surface area contributed by atoms with Crippen LogP contribution in [0.4, 0.5) is 0 Å². The Kier molecular flexibility index (Phi) is 4.78. The Labute approximate surface area is 292 Å². The summed E-state index contributed by atoms with van der Waals surface area (Å²) in [7, 11) is 0. The first-order valence-electron chi connectivity index (χ1n) is 17.4. The molecule has 0 aliphatic carbocycles. The fourth-order valence-corrected chi connectivity index (χ4v) is 8.70. The van der Waals surface area contributed by atoms with Crippen molar-refractivity contribution < 1.29 is 17.7 Å². The molecule has 0 saturated carbocycles. The minimum absolute atomic E-state index is 0.767. The zero-order valence-corrected chi connectivity index (χ0v) is 27.4. The molecule has 0 radical (unpaired) electrons. The molecule has 13 aromatic rings. The monoisotopic (exact) mass is 668 g/mol. The maximum absolute atomic E-state index is 6.40. The van der Waals surface area contributed by atoms with Crippen LogP contribution in [0.25, 0.3) is 121 Å². The number of fused-ring (bicyclic) bond motifs is 17. The molecule has 0 spiro atoms. The highest BCUT2D eigenvalue weighted by molar-refractivity contribution is 6.24. The molecule has 0 N–H and O–H groups in total. The van der Waals surface area contributed by atoms with Crippen molar-refractivity contribution in [1.82, 2.24) is 9.13 Å². The summed E-state index contributed by atoms with van der Waals surface area (Å²) >= 11 is 0. The van der Waals surface area contributed by atoms with E-state index in [0.717, 1.165) is 99.7 Å². The molecule has 0 unspecified atom stereocenters. The normalized spacial score (nSPS) is 12.6. The van der Waals surface area contributed by atoms with Gasteiger partial charge in [0.15, 0.2) is 22.3 Å². The lowest BCUT2D eigenvalue weighted by Crippen LogP contribution is -1.98. The van der Waals surface area contributed by atoms with E-state index in [2.05, 4.69) is 106 Å². The molecule has 242 valence electrons. The molecule has 6 nitrogen and oxygen atoms in total. The van der Waals surface area contributed by atoms with E-state index in [1.165, 1.54) is 21.5 Å². The van der Waals surface area contributed by atoms with Gasteiger partial charge in [-0.3, -0.25) is 0 Å². The molecule has 6 aromatic heterocycles. The van der Waals surface area contributed by atoms with Crippen LogP contribution in [0.5, 0.6) is 0 Å². The van der Waals surface area contributed by atoms with Gasteiger partial charge in [0.25, 0.3) is 0 Å². The van der Waals surface area contributed by atoms with E-state index in [4.69, 9.17) is 17.7 Å². The summed E-state index contributed by atoms with van der Waals surface area (Å²) in [5, 5.41) is 8.58. The van der Waals surface area contributed by atoms with Crippen molar-refractivity contribution in [3.8, 4) is 11.4 Å². The number of furan rings is 4. The molecular weight excluding hydrogens is 645 g/mol. The Bertz CT molecular complexity index is 3410. The van der Waals surface area contributed by atoms with Crippen LogP contribution < -0.4 is 0 Å². The average Bonchev–Trinajstić information content (AvgIpc) is 4.02. The van der Waals surface area contributed by atoms with Gasteiger partial charge in [-0.15, -0.1) is 0 Å². The molecule has 0 bridgehead atoms. The van der Waals surface area contributed by atoms with Crippen molar-refractivity contribution in [2.24, 2.45) is 0 Å². The maximum Gasteiger partial charge on any atom is 0.181 e. The van der Waals surface area contributed by atoms with Gasteiger partial charge in [0.05, 0.1) is 43.6 Å². The van der Waals surface area contributed by atoms with Gasteiger partial charge in [-0.05, 0) is 72.8 Å². The van der Waals surface area contributed by atoms with Gasteiger partial charge in [0, 0.05) is 32.9 Å². The summed E-state index contributed by atoms with van der Waals surface area (Å²) in [4.78, 5) is 0. The number of aromatic nitrogens is 2. The SMILES string of the molecule is c1ccc2c(c1)oc1c3cc(-n4c5ccccc5c5ccc6c7ccccc7n(-c7ccc8oc9c%10ccccc%10oc9c8c7)c6c54)ccc3oc21. The quantitative estimate of drug-likeness (QED) is 0.184. The summed E-state index contributed by atoms with van der Waals surface area (Å²) < 4.78 is 30.4. The first-order valence-corrected chi connectivity index (χ1v) is 17.4. The molecule has 7 aromatic carbocycles. The molecule has 0 amide bonds. The maximum atomic E-state index is 6.40. The van der Waals surface area contributed by atoms with Gasteiger partial charge < -0.3 is 26.8 Å². The number of rotatable bonds is 2. The zero-order chi connectivity index (χ0) is 33.7. The van der Waals surface area contributed by atoms with E-state index in [9.17, 15) is 0 Å². The summed E-state index contributed by atoms with van der Waals surface area (Å²) in [5.41, 5.74) is 12.9.